The first kappa shape index (κ1) is 16.9. The first-order chi connectivity index (χ1) is 9.45. The van der Waals surface area contributed by atoms with Crippen LogP contribution in [0.1, 0.15) is 23.1 Å². The van der Waals surface area contributed by atoms with Crippen LogP contribution < -0.4 is 10.2 Å². The van der Waals surface area contributed by atoms with Crippen molar-refractivity contribution in [1.82, 2.24) is 4.98 Å². The molecule has 0 atom stereocenters. The highest BCUT2D eigenvalue weighted by atomic mass is 19.4. The van der Waals surface area contributed by atoms with Crippen LogP contribution >= 0.6 is 0 Å². The van der Waals surface area contributed by atoms with Crippen LogP contribution in [-0.4, -0.2) is 23.9 Å². The number of nitrogens with one attached hydrogen (secondary N) is 1. The molecule has 0 unspecified atom stereocenters. The Morgan fingerprint density at radius 3 is 2.24 bits per heavy atom. The normalized spacial score (nSPS) is 12.1. The smallest absolute Gasteiger partial charge is 0.461 e. The summed E-state index contributed by atoms with van der Waals surface area (Å²) in [4.78, 5) is 24.1. The van der Waals surface area contributed by atoms with E-state index < -0.39 is 41.1 Å². The molecule has 0 aliphatic rings. The monoisotopic (exact) mass is 319 g/mol. The molecule has 0 aromatic carbocycles. The predicted octanol–water partition coefficient (Wildman–Crippen LogP) is 2.47. The van der Waals surface area contributed by atoms with Crippen LogP contribution in [0, 0.1) is 0 Å². The second-order valence-electron chi connectivity index (χ2n) is 3.52. The van der Waals surface area contributed by atoms with Crippen molar-refractivity contribution in [2.24, 2.45) is 0 Å². The number of esters is 1. The fraction of sp³-hybridized carbons (Fsp3) is 0.400. The number of alkyl halides is 6. The molecular weight excluding hydrogens is 312 g/mol. The predicted molar refractivity (Wildman–Crippen MR) is 54.7 cm³/mol. The van der Waals surface area contributed by atoms with Crippen molar-refractivity contribution in [3.63, 3.8) is 0 Å². The maximum atomic E-state index is 12.5. The van der Waals surface area contributed by atoms with Gasteiger partial charge in [-0.25, -0.2) is 4.79 Å². The van der Waals surface area contributed by atoms with E-state index in [-0.39, 0.29) is 12.7 Å². The zero-order valence-corrected chi connectivity index (χ0v) is 10.2. The number of hydrogen-bond donors (Lipinski definition) is 1. The maximum Gasteiger partial charge on any atom is 0.573 e. The number of hydrogen-bond acceptors (Lipinski definition) is 4. The van der Waals surface area contributed by atoms with Gasteiger partial charge in [0, 0.05) is 6.07 Å². The molecule has 1 N–H and O–H groups in total. The van der Waals surface area contributed by atoms with E-state index in [0.29, 0.717) is 0 Å². The minimum absolute atomic E-state index is 0.149. The lowest BCUT2D eigenvalue weighted by Gasteiger charge is -2.14. The first-order valence-corrected chi connectivity index (χ1v) is 5.23. The van der Waals surface area contributed by atoms with E-state index in [1.54, 1.807) is 0 Å². The zero-order valence-electron chi connectivity index (χ0n) is 10.2. The van der Waals surface area contributed by atoms with Crippen molar-refractivity contribution >= 4 is 5.97 Å². The van der Waals surface area contributed by atoms with Gasteiger partial charge in [0.15, 0.2) is 5.69 Å². The average Bonchev–Trinajstić information content (AvgIpc) is 2.28. The Bertz CT molecular complexity index is 589. The molecule has 21 heavy (non-hydrogen) atoms. The van der Waals surface area contributed by atoms with Crippen LogP contribution in [0.3, 0.4) is 0 Å². The third-order valence-corrected chi connectivity index (χ3v) is 1.99. The Balaban J connectivity index is 3.48. The van der Waals surface area contributed by atoms with Gasteiger partial charge in [-0.15, -0.1) is 13.2 Å². The van der Waals surface area contributed by atoms with Crippen molar-refractivity contribution in [1.29, 1.82) is 0 Å². The van der Waals surface area contributed by atoms with Gasteiger partial charge in [-0.05, 0) is 6.92 Å². The third-order valence-electron chi connectivity index (χ3n) is 1.99. The summed E-state index contributed by atoms with van der Waals surface area (Å²) in [6.07, 6.45) is -10.4. The van der Waals surface area contributed by atoms with Gasteiger partial charge in [-0.2, -0.15) is 13.2 Å². The molecule has 1 heterocycles. The lowest BCUT2D eigenvalue weighted by Crippen LogP contribution is -2.27. The summed E-state index contributed by atoms with van der Waals surface area (Å²) in [5.41, 5.74) is -4.83. The summed E-state index contributed by atoms with van der Waals surface area (Å²) in [5, 5.41) is 0. The summed E-state index contributed by atoms with van der Waals surface area (Å²) in [5.74, 6) is -3.20. The van der Waals surface area contributed by atoms with E-state index in [4.69, 9.17) is 0 Å². The molecule has 0 fully saturated rings. The van der Waals surface area contributed by atoms with Gasteiger partial charge >= 0.3 is 18.5 Å². The third kappa shape index (κ3) is 4.39. The molecule has 0 aliphatic carbocycles. The quantitative estimate of drug-likeness (QED) is 0.686. The molecule has 0 saturated heterocycles. The van der Waals surface area contributed by atoms with Crippen LogP contribution in [0.4, 0.5) is 26.3 Å². The second kappa shape index (κ2) is 5.66. The summed E-state index contributed by atoms with van der Waals surface area (Å²) in [7, 11) is 0. The molecule has 1 aromatic heterocycles. The van der Waals surface area contributed by atoms with Crippen LogP contribution in [0.2, 0.25) is 0 Å². The minimum Gasteiger partial charge on any atom is -0.461 e. The molecule has 0 saturated carbocycles. The number of carbonyl (C=O) groups is 1. The summed E-state index contributed by atoms with van der Waals surface area (Å²) < 4.78 is 81.4. The van der Waals surface area contributed by atoms with E-state index in [9.17, 15) is 35.9 Å². The Kier molecular flexibility index (Phi) is 4.54. The fourth-order valence-corrected chi connectivity index (χ4v) is 1.26. The van der Waals surface area contributed by atoms with Crippen molar-refractivity contribution in [3.05, 3.63) is 27.7 Å². The topological polar surface area (TPSA) is 68.4 Å². The highest BCUT2D eigenvalue weighted by Crippen LogP contribution is 2.30. The molecule has 1 aromatic rings. The van der Waals surface area contributed by atoms with Gasteiger partial charge in [0.1, 0.15) is 5.69 Å². The number of halogens is 6. The number of H-pyrrole nitrogens is 1. The standard InChI is InChI=1S/C10H7F6NO4/c1-2-20-8(19)6-7(21-10(14,15)16)4(18)3-5(17-6)9(11,12)13/h3H,2H2,1H3,(H,17,18). The van der Waals surface area contributed by atoms with Crippen LogP contribution in [-0.2, 0) is 10.9 Å². The van der Waals surface area contributed by atoms with Gasteiger partial charge in [-0.3, -0.25) is 4.79 Å². The summed E-state index contributed by atoms with van der Waals surface area (Å²) in [6, 6.07) is -0.149. The number of carbonyl (C=O) groups excluding carboxylic acids is 1. The molecule has 0 bridgehead atoms. The van der Waals surface area contributed by atoms with E-state index in [1.165, 1.54) is 11.9 Å². The molecule has 118 valence electrons. The van der Waals surface area contributed by atoms with E-state index in [2.05, 4.69) is 9.47 Å². The molecular formula is C10H7F6NO4. The lowest BCUT2D eigenvalue weighted by atomic mass is 10.2. The fourth-order valence-electron chi connectivity index (χ4n) is 1.26. The zero-order chi connectivity index (χ0) is 16.4. The van der Waals surface area contributed by atoms with Crippen molar-refractivity contribution in [2.75, 3.05) is 6.61 Å². The highest BCUT2D eigenvalue weighted by Gasteiger charge is 2.38. The lowest BCUT2D eigenvalue weighted by molar-refractivity contribution is -0.275. The van der Waals surface area contributed by atoms with Gasteiger partial charge in [0.2, 0.25) is 11.2 Å². The Hall–Kier alpha value is -2.20. The van der Waals surface area contributed by atoms with Crippen molar-refractivity contribution in [2.45, 2.75) is 19.5 Å². The molecule has 0 amide bonds. The van der Waals surface area contributed by atoms with E-state index >= 15 is 0 Å². The van der Waals surface area contributed by atoms with Gasteiger partial charge in [-0.1, -0.05) is 0 Å². The molecule has 0 spiro atoms. The SMILES string of the molecule is CCOC(=O)c1[nH]c(C(F)(F)F)cc(=O)c1OC(F)(F)F. The summed E-state index contributed by atoms with van der Waals surface area (Å²) >= 11 is 0. The van der Waals surface area contributed by atoms with E-state index in [0.717, 1.165) is 0 Å². The first-order valence-electron chi connectivity index (χ1n) is 5.23. The van der Waals surface area contributed by atoms with Crippen LogP contribution in [0.15, 0.2) is 10.9 Å². The summed E-state index contributed by atoms with van der Waals surface area (Å²) in [6.45, 7) is 0.941. The molecule has 0 radical (unpaired) electrons. The van der Waals surface area contributed by atoms with E-state index in [1.807, 2.05) is 0 Å². The Labute approximate surface area is 112 Å². The van der Waals surface area contributed by atoms with Gasteiger partial charge in [0.05, 0.1) is 6.61 Å². The average molecular weight is 319 g/mol. The largest absolute Gasteiger partial charge is 0.573 e. The minimum atomic E-state index is -5.37. The van der Waals surface area contributed by atoms with Crippen LogP contribution in [0.25, 0.3) is 0 Å². The molecule has 11 heteroatoms. The van der Waals surface area contributed by atoms with Crippen molar-refractivity contribution < 1.29 is 40.6 Å². The molecule has 1 rings (SSSR count). The van der Waals surface area contributed by atoms with Gasteiger partial charge in [0.25, 0.3) is 0 Å². The van der Waals surface area contributed by atoms with Gasteiger partial charge < -0.3 is 14.5 Å². The number of pyridine rings is 1. The number of aromatic nitrogens is 1. The van der Waals surface area contributed by atoms with Crippen LogP contribution in [0.5, 0.6) is 5.75 Å². The Morgan fingerprint density at radius 1 is 1.24 bits per heavy atom. The number of ether oxygens (including phenoxy) is 2. The number of rotatable bonds is 3. The Morgan fingerprint density at radius 2 is 1.81 bits per heavy atom. The highest BCUT2D eigenvalue weighted by molar-refractivity contribution is 5.90. The second-order valence-corrected chi connectivity index (χ2v) is 3.52. The van der Waals surface area contributed by atoms with Crippen molar-refractivity contribution in [3.8, 4) is 5.75 Å². The maximum absolute atomic E-state index is 12.5. The number of aromatic amines is 1. The molecule has 5 nitrogen and oxygen atoms in total. The molecule has 0 aliphatic heterocycles.